The van der Waals surface area contributed by atoms with Gasteiger partial charge >= 0.3 is 5.97 Å². The molecule has 1 unspecified atom stereocenters. The van der Waals surface area contributed by atoms with Crippen LogP contribution in [0.3, 0.4) is 0 Å². The van der Waals surface area contributed by atoms with Crippen molar-refractivity contribution in [1.82, 2.24) is 0 Å². The Labute approximate surface area is 99.2 Å². The molecule has 0 radical (unpaired) electrons. The second-order valence-corrected chi connectivity index (χ2v) is 4.40. The number of hydrogen-bond acceptors (Lipinski definition) is 3. The van der Waals surface area contributed by atoms with Gasteiger partial charge in [0.2, 0.25) is 5.50 Å². The van der Waals surface area contributed by atoms with Gasteiger partial charge in [0.15, 0.2) is 0 Å². The van der Waals surface area contributed by atoms with Crippen LogP contribution >= 0.6 is 11.8 Å². The Morgan fingerprint density at radius 2 is 2.31 bits per heavy atom. The Morgan fingerprint density at radius 1 is 1.56 bits per heavy atom. The highest BCUT2D eigenvalue weighted by molar-refractivity contribution is 7.99. The van der Waals surface area contributed by atoms with Gasteiger partial charge < -0.3 is 4.74 Å². The fraction of sp³-hybridized carbons (Fsp3) is 0.417. The fourth-order valence-electron chi connectivity index (χ4n) is 1.25. The summed E-state index contributed by atoms with van der Waals surface area (Å²) in [4.78, 5) is 11.0. The summed E-state index contributed by atoms with van der Waals surface area (Å²) in [5.74, 6) is -0.318. The van der Waals surface area contributed by atoms with Crippen molar-refractivity contribution in [2.75, 3.05) is 6.61 Å². The summed E-state index contributed by atoms with van der Waals surface area (Å²) >= 11 is 0.945. The van der Waals surface area contributed by atoms with E-state index in [2.05, 4.69) is 4.74 Å². The van der Waals surface area contributed by atoms with Crippen LogP contribution in [0.25, 0.3) is 0 Å². The molecule has 0 fully saturated rings. The van der Waals surface area contributed by atoms with E-state index in [1.54, 1.807) is 6.92 Å². The first-order valence-electron chi connectivity index (χ1n) is 5.11. The van der Waals surface area contributed by atoms with Gasteiger partial charge in [-0.25, -0.2) is 9.18 Å². The number of carbonyl (C=O) groups excluding carboxylic acids is 1. The molecule has 0 saturated carbocycles. The zero-order valence-corrected chi connectivity index (χ0v) is 10.2. The molecule has 4 heteroatoms. The van der Waals surface area contributed by atoms with E-state index in [1.807, 2.05) is 31.2 Å². The van der Waals surface area contributed by atoms with Crippen LogP contribution in [0.2, 0.25) is 0 Å². The molecule has 88 valence electrons. The molecule has 0 aliphatic carbocycles. The minimum Gasteiger partial charge on any atom is -0.463 e. The van der Waals surface area contributed by atoms with Gasteiger partial charge in [0.25, 0.3) is 0 Å². The molecule has 0 bridgehead atoms. The maximum atomic E-state index is 13.3. The van der Waals surface area contributed by atoms with E-state index in [9.17, 15) is 9.18 Å². The molecule has 0 aliphatic heterocycles. The summed E-state index contributed by atoms with van der Waals surface area (Å²) in [5.41, 5.74) is 0.544. The summed E-state index contributed by atoms with van der Waals surface area (Å²) in [5, 5.41) is 0. The number of carbonyl (C=O) groups is 1. The molecule has 0 saturated heterocycles. The molecule has 0 aliphatic rings. The number of rotatable bonds is 5. The third-order valence-corrected chi connectivity index (χ3v) is 2.94. The zero-order chi connectivity index (χ0) is 12.0. The number of aryl methyl sites for hydroxylation is 1. The molecule has 2 nitrogen and oxygen atoms in total. The number of alkyl halides is 1. The molecular formula is C12H15FO2S. The first-order chi connectivity index (χ1) is 7.63. The van der Waals surface area contributed by atoms with Crippen molar-refractivity contribution in [3.05, 3.63) is 35.4 Å². The van der Waals surface area contributed by atoms with Crippen molar-refractivity contribution in [2.45, 2.75) is 25.1 Å². The van der Waals surface area contributed by atoms with Crippen LogP contribution in [-0.4, -0.2) is 18.1 Å². The summed E-state index contributed by atoms with van der Waals surface area (Å²) < 4.78 is 17.8. The molecule has 1 aromatic rings. The van der Waals surface area contributed by atoms with Crippen molar-refractivity contribution in [3.63, 3.8) is 0 Å². The number of hydrogen-bond donors (Lipinski definition) is 0. The number of halogens is 1. The smallest absolute Gasteiger partial charge is 0.351 e. The maximum Gasteiger partial charge on any atom is 0.351 e. The Hall–Kier alpha value is -1.03. The molecule has 0 aromatic heterocycles. The highest BCUT2D eigenvalue weighted by Gasteiger charge is 2.18. The zero-order valence-electron chi connectivity index (χ0n) is 9.40. The fourth-order valence-corrected chi connectivity index (χ4v) is 1.97. The topological polar surface area (TPSA) is 26.3 Å². The maximum absolute atomic E-state index is 13.3. The third-order valence-electron chi connectivity index (χ3n) is 1.95. The van der Waals surface area contributed by atoms with Crippen molar-refractivity contribution in [3.8, 4) is 0 Å². The second kappa shape index (κ2) is 6.53. The lowest BCUT2D eigenvalue weighted by Gasteiger charge is -2.07. The number of ether oxygens (including phenoxy) is 1. The lowest BCUT2D eigenvalue weighted by Crippen LogP contribution is -2.15. The van der Waals surface area contributed by atoms with Gasteiger partial charge in [-0.2, -0.15) is 0 Å². The Morgan fingerprint density at radius 3 is 2.94 bits per heavy atom. The van der Waals surface area contributed by atoms with Gasteiger partial charge in [0.1, 0.15) is 0 Å². The molecule has 16 heavy (non-hydrogen) atoms. The van der Waals surface area contributed by atoms with Crippen molar-refractivity contribution in [1.29, 1.82) is 0 Å². The van der Waals surface area contributed by atoms with Crippen LogP contribution in [0.4, 0.5) is 4.39 Å². The largest absolute Gasteiger partial charge is 0.463 e. The molecule has 1 aromatic carbocycles. The lowest BCUT2D eigenvalue weighted by molar-refractivity contribution is -0.145. The first kappa shape index (κ1) is 13.0. The van der Waals surface area contributed by atoms with E-state index in [1.165, 1.54) is 0 Å². The van der Waals surface area contributed by atoms with E-state index >= 15 is 0 Å². The molecule has 1 atom stereocenters. The second-order valence-electron chi connectivity index (χ2n) is 3.37. The predicted molar refractivity (Wildman–Crippen MR) is 64.0 cm³/mol. The number of thioether (sulfide) groups is 1. The van der Waals surface area contributed by atoms with Crippen LogP contribution in [0, 0.1) is 6.92 Å². The van der Waals surface area contributed by atoms with Crippen LogP contribution in [0.5, 0.6) is 0 Å². The third kappa shape index (κ3) is 4.23. The van der Waals surface area contributed by atoms with Gasteiger partial charge in [0, 0.05) is 5.75 Å². The van der Waals surface area contributed by atoms with E-state index < -0.39 is 11.5 Å². The SMILES string of the molecule is CCOC(=O)C(F)SCc1cccc(C)c1. The van der Waals surface area contributed by atoms with Gasteiger partial charge in [-0.15, -0.1) is 11.8 Å². The van der Waals surface area contributed by atoms with Crippen LogP contribution in [-0.2, 0) is 15.3 Å². The van der Waals surface area contributed by atoms with Gasteiger partial charge in [-0.3, -0.25) is 0 Å². The highest BCUT2D eigenvalue weighted by Crippen LogP contribution is 2.20. The minimum atomic E-state index is -1.60. The molecule has 0 spiro atoms. The number of esters is 1. The highest BCUT2D eigenvalue weighted by atomic mass is 32.2. The van der Waals surface area contributed by atoms with E-state index in [-0.39, 0.29) is 6.61 Å². The predicted octanol–water partition coefficient (Wildman–Crippen LogP) is 3.09. The Balaban J connectivity index is 2.42. The lowest BCUT2D eigenvalue weighted by atomic mass is 10.2. The van der Waals surface area contributed by atoms with Crippen molar-refractivity contribution in [2.24, 2.45) is 0 Å². The van der Waals surface area contributed by atoms with Crippen molar-refractivity contribution < 1.29 is 13.9 Å². The molecule has 1 rings (SSSR count). The standard InChI is InChI=1S/C12H15FO2S/c1-3-15-12(14)11(13)16-8-10-6-4-5-9(2)7-10/h4-7,11H,3,8H2,1-2H3. The summed E-state index contributed by atoms with van der Waals surface area (Å²) in [7, 11) is 0. The number of benzene rings is 1. The molecule has 0 heterocycles. The van der Waals surface area contributed by atoms with Crippen LogP contribution < -0.4 is 0 Å². The van der Waals surface area contributed by atoms with E-state index in [4.69, 9.17) is 0 Å². The molecular weight excluding hydrogens is 227 g/mol. The van der Waals surface area contributed by atoms with Crippen molar-refractivity contribution >= 4 is 17.7 Å². The Bertz CT molecular complexity index is 355. The van der Waals surface area contributed by atoms with Gasteiger partial charge in [0.05, 0.1) is 6.61 Å². The van der Waals surface area contributed by atoms with Gasteiger partial charge in [-0.1, -0.05) is 29.8 Å². The molecule has 0 amide bonds. The van der Waals surface area contributed by atoms with Crippen LogP contribution in [0.1, 0.15) is 18.1 Å². The van der Waals surface area contributed by atoms with E-state index in [0.29, 0.717) is 5.75 Å². The average Bonchev–Trinajstić information content (AvgIpc) is 2.26. The normalized spacial score (nSPS) is 12.2. The first-order valence-corrected chi connectivity index (χ1v) is 6.16. The monoisotopic (exact) mass is 242 g/mol. The summed E-state index contributed by atoms with van der Waals surface area (Å²) in [6.07, 6.45) is 0. The summed E-state index contributed by atoms with van der Waals surface area (Å²) in [6.45, 7) is 3.85. The minimum absolute atomic E-state index is 0.213. The quantitative estimate of drug-likeness (QED) is 0.742. The molecule has 0 N–H and O–H groups in total. The van der Waals surface area contributed by atoms with Crippen LogP contribution in [0.15, 0.2) is 24.3 Å². The van der Waals surface area contributed by atoms with Gasteiger partial charge in [-0.05, 0) is 19.4 Å². The summed E-state index contributed by atoms with van der Waals surface area (Å²) in [6, 6.07) is 7.79. The Kier molecular flexibility index (Phi) is 5.32. The average molecular weight is 242 g/mol. The van der Waals surface area contributed by atoms with E-state index in [0.717, 1.165) is 22.9 Å².